The third-order valence-electron chi connectivity index (χ3n) is 4.00. The molecule has 1 aliphatic carbocycles. The van der Waals surface area contributed by atoms with Gasteiger partial charge in [-0.15, -0.1) is 0 Å². The van der Waals surface area contributed by atoms with Crippen molar-refractivity contribution in [3.8, 4) is 0 Å². The normalized spacial score (nSPS) is 12.6. The van der Waals surface area contributed by atoms with Crippen LogP contribution in [0, 0.1) is 0 Å². The Morgan fingerprint density at radius 1 is 0.958 bits per heavy atom. The zero-order chi connectivity index (χ0) is 17.1. The van der Waals surface area contributed by atoms with Crippen molar-refractivity contribution in [1.82, 2.24) is 4.98 Å². The number of anilines is 2. The van der Waals surface area contributed by atoms with Crippen molar-refractivity contribution in [2.24, 2.45) is 5.73 Å². The Morgan fingerprint density at radius 3 is 2.21 bits per heavy atom. The molecule has 6 heteroatoms. The van der Waals surface area contributed by atoms with Gasteiger partial charge in [-0.2, -0.15) is 0 Å². The van der Waals surface area contributed by atoms with E-state index in [1.165, 1.54) is 12.4 Å². The van der Waals surface area contributed by atoms with Crippen LogP contribution in [0.4, 0.5) is 11.4 Å². The van der Waals surface area contributed by atoms with Crippen LogP contribution in [0.15, 0.2) is 30.6 Å². The van der Waals surface area contributed by atoms with Crippen molar-refractivity contribution in [2.75, 3.05) is 30.3 Å². The van der Waals surface area contributed by atoms with Crippen LogP contribution in [-0.2, 0) is 0 Å². The van der Waals surface area contributed by atoms with Gasteiger partial charge in [-0.3, -0.25) is 14.6 Å². The van der Waals surface area contributed by atoms with Gasteiger partial charge in [0.15, 0.2) is 11.6 Å². The molecule has 1 heterocycles. The van der Waals surface area contributed by atoms with Crippen LogP contribution in [0.3, 0.4) is 0 Å². The Bertz CT molecular complexity index is 736. The minimum absolute atomic E-state index is 0.156. The third-order valence-corrected chi connectivity index (χ3v) is 4.00. The Labute approximate surface area is 140 Å². The van der Waals surface area contributed by atoms with Crippen LogP contribution in [0.5, 0.6) is 0 Å². The molecule has 6 nitrogen and oxygen atoms in total. The van der Waals surface area contributed by atoms with Gasteiger partial charge in [-0.05, 0) is 24.6 Å². The van der Waals surface area contributed by atoms with E-state index in [2.05, 4.69) is 15.6 Å². The molecule has 0 spiro atoms. The van der Waals surface area contributed by atoms with Crippen molar-refractivity contribution in [3.63, 3.8) is 0 Å². The summed E-state index contributed by atoms with van der Waals surface area (Å²) in [6, 6.07) is 5.26. The highest BCUT2D eigenvalue weighted by Gasteiger charge is 2.34. The topological polar surface area (TPSA) is 97.1 Å². The van der Waals surface area contributed by atoms with Crippen molar-refractivity contribution < 1.29 is 9.59 Å². The number of hydrogen-bond acceptors (Lipinski definition) is 6. The number of fused-ring (bicyclic) bond motifs is 2. The summed E-state index contributed by atoms with van der Waals surface area (Å²) < 4.78 is 0. The number of aromatic nitrogens is 1. The second-order valence-corrected chi connectivity index (χ2v) is 5.63. The molecule has 1 aromatic heterocycles. The van der Waals surface area contributed by atoms with Gasteiger partial charge in [-0.25, -0.2) is 0 Å². The summed E-state index contributed by atoms with van der Waals surface area (Å²) in [4.78, 5) is 30.0. The van der Waals surface area contributed by atoms with Crippen molar-refractivity contribution >= 4 is 22.9 Å². The molecule has 2 aromatic rings. The Hall–Kier alpha value is -2.73. The molecule has 0 fully saturated rings. The van der Waals surface area contributed by atoms with Gasteiger partial charge in [0.2, 0.25) is 0 Å². The standard InChI is InChI=1S/C18H20N4O2/c1-2-7-21-13-3-4-14(22-9-6-19)16-15(13)17(23)11-5-8-20-10-12(11)18(16)24/h3-5,8,10,21-22H,2,6-7,9,19H2,1H3. The Balaban J connectivity index is 2.18. The quantitative estimate of drug-likeness (QED) is 0.642. The predicted molar refractivity (Wildman–Crippen MR) is 93.9 cm³/mol. The van der Waals surface area contributed by atoms with Crippen LogP contribution < -0.4 is 16.4 Å². The second-order valence-electron chi connectivity index (χ2n) is 5.63. The first-order chi connectivity index (χ1) is 11.7. The number of nitrogens with zero attached hydrogens (tertiary/aromatic N) is 1. The maximum absolute atomic E-state index is 13.0. The summed E-state index contributed by atoms with van der Waals surface area (Å²) in [6.45, 7) is 3.73. The summed E-state index contributed by atoms with van der Waals surface area (Å²) in [6.07, 6.45) is 3.91. The van der Waals surface area contributed by atoms with Crippen LogP contribution in [0.2, 0.25) is 0 Å². The zero-order valence-corrected chi connectivity index (χ0v) is 13.6. The lowest BCUT2D eigenvalue weighted by molar-refractivity contribution is 0.0980. The first-order valence-electron chi connectivity index (χ1n) is 8.07. The highest BCUT2D eigenvalue weighted by Crippen LogP contribution is 2.36. The summed E-state index contributed by atoms with van der Waals surface area (Å²) >= 11 is 0. The zero-order valence-electron chi connectivity index (χ0n) is 13.6. The molecule has 4 N–H and O–H groups in total. The fourth-order valence-electron chi connectivity index (χ4n) is 2.88. The number of hydrogen-bond donors (Lipinski definition) is 3. The molecule has 0 radical (unpaired) electrons. The number of ketones is 2. The number of carbonyl (C=O) groups is 2. The summed E-state index contributed by atoms with van der Waals surface area (Å²) in [7, 11) is 0. The lowest BCUT2D eigenvalue weighted by Crippen LogP contribution is -2.25. The number of rotatable bonds is 6. The summed E-state index contributed by atoms with van der Waals surface area (Å²) in [5, 5.41) is 6.39. The maximum atomic E-state index is 13.0. The third kappa shape index (κ3) is 2.65. The van der Waals surface area contributed by atoms with Gasteiger partial charge < -0.3 is 16.4 Å². The van der Waals surface area contributed by atoms with E-state index in [0.717, 1.165) is 13.0 Å². The first kappa shape index (κ1) is 16.1. The molecule has 3 rings (SSSR count). The molecule has 0 saturated heterocycles. The minimum Gasteiger partial charge on any atom is -0.384 e. The van der Waals surface area contributed by atoms with Crippen molar-refractivity contribution in [2.45, 2.75) is 13.3 Å². The molecule has 1 aromatic carbocycles. The maximum Gasteiger partial charge on any atom is 0.198 e. The average Bonchev–Trinajstić information content (AvgIpc) is 2.62. The van der Waals surface area contributed by atoms with Gasteiger partial charge in [-0.1, -0.05) is 6.92 Å². The van der Waals surface area contributed by atoms with E-state index in [4.69, 9.17) is 5.73 Å². The number of nitrogens with one attached hydrogen (secondary N) is 2. The largest absolute Gasteiger partial charge is 0.384 e. The van der Waals surface area contributed by atoms with E-state index >= 15 is 0 Å². The molecule has 0 bridgehead atoms. The minimum atomic E-state index is -0.188. The molecule has 24 heavy (non-hydrogen) atoms. The predicted octanol–water partition coefficient (Wildman–Crippen LogP) is 2.05. The molecule has 1 aliphatic rings. The number of benzene rings is 1. The SMILES string of the molecule is CCCNc1ccc(NCCN)c2c1C(=O)c1ccncc1C2=O. The average molecular weight is 324 g/mol. The fourth-order valence-corrected chi connectivity index (χ4v) is 2.88. The summed E-state index contributed by atoms with van der Waals surface area (Å²) in [5.74, 6) is -0.343. The molecule has 0 atom stereocenters. The number of pyridine rings is 1. The molecule has 0 amide bonds. The second kappa shape index (κ2) is 6.80. The van der Waals surface area contributed by atoms with Crippen LogP contribution in [0.1, 0.15) is 45.2 Å². The molecular formula is C18H20N4O2. The molecule has 0 aliphatic heterocycles. The Kier molecular flexibility index (Phi) is 4.57. The van der Waals surface area contributed by atoms with Gasteiger partial charge >= 0.3 is 0 Å². The highest BCUT2D eigenvalue weighted by molar-refractivity contribution is 6.31. The Morgan fingerprint density at radius 2 is 1.58 bits per heavy atom. The van der Waals surface area contributed by atoms with E-state index in [1.54, 1.807) is 6.07 Å². The number of carbonyl (C=O) groups excluding carboxylic acids is 2. The smallest absolute Gasteiger partial charge is 0.198 e. The molecule has 0 unspecified atom stereocenters. The highest BCUT2D eigenvalue weighted by atomic mass is 16.1. The molecule has 0 saturated carbocycles. The lowest BCUT2D eigenvalue weighted by Gasteiger charge is -2.23. The van der Waals surface area contributed by atoms with Crippen LogP contribution >= 0.6 is 0 Å². The lowest BCUT2D eigenvalue weighted by atomic mass is 9.83. The molecular weight excluding hydrogens is 304 g/mol. The van der Waals surface area contributed by atoms with Gasteiger partial charge in [0.1, 0.15) is 0 Å². The summed E-state index contributed by atoms with van der Waals surface area (Å²) in [5.41, 5.74) is 8.44. The van der Waals surface area contributed by atoms with Gasteiger partial charge in [0.05, 0.1) is 16.7 Å². The fraction of sp³-hybridized carbons (Fsp3) is 0.278. The molecule has 124 valence electrons. The van der Waals surface area contributed by atoms with Gasteiger partial charge in [0, 0.05) is 49.0 Å². The van der Waals surface area contributed by atoms with E-state index in [1.807, 2.05) is 19.1 Å². The first-order valence-corrected chi connectivity index (χ1v) is 8.07. The number of nitrogens with two attached hydrogens (primary N) is 1. The monoisotopic (exact) mass is 324 g/mol. The van der Waals surface area contributed by atoms with Crippen molar-refractivity contribution in [3.05, 3.63) is 52.8 Å². The van der Waals surface area contributed by atoms with E-state index in [0.29, 0.717) is 46.7 Å². The van der Waals surface area contributed by atoms with Crippen molar-refractivity contribution in [1.29, 1.82) is 0 Å². The van der Waals surface area contributed by atoms with Crippen LogP contribution in [-0.4, -0.2) is 36.2 Å². The van der Waals surface area contributed by atoms with E-state index in [9.17, 15) is 9.59 Å². The van der Waals surface area contributed by atoms with Crippen LogP contribution in [0.25, 0.3) is 0 Å². The van der Waals surface area contributed by atoms with E-state index < -0.39 is 0 Å². The van der Waals surface area contributed by atoms with Gasteiger partial charge in [0.25, 0.3) is 0 Å². The van der Waals surface area contributed by atoms with E-state index in [-0.39, 0.29) is 11.6 Å².